The average Bonchev–Trinajstić information content (AvgIpc) is 2.65. The van der Waals surface area contributed by atoms with Crippen molar-refractivity contribution < 1.29 is 9.21 Å². The Morgan fingerprint density at radius 1 is 1.53 bits per heavy atom. The number of nitrogens with zero attached hydrogens (tertiary/aromatic N) is 2. The van der Waals surface area contributed by atoms with Gasteiger partial charge in [0.2, 0.25) is 0 Å². The molecule has 15 heavy (non-hydrogen) atoms. The number of rotatable bonds is 2. The van der Waals surface area contributed by atoms with Crippen LogP contribution in [0.2, 0.25) is 0 Å². The van der Waals surface area contributed by atoms with Gasteiger partial charge in [0.15, 0.2) is 6.29 Å². The van der Waals surface area contributed by atoms with Gasteiger partial charge in [0.25, 0.3) is 5.56 Å². The number of carbonyl (C=O) groups is 1. The molecule has 0 aliphatic heterocycles. The van der Waals surface area contributed by atoms with E-state index in [1.807, 2.05) is 0 Å². The van der Waals surface area contributed by atoms with Crippen LogP contribution in [0.1, 0.15) is 16.1 Å². The summed E-state index contributed by atoms with van der Waals surface area (Å²) in [7, 11) is 0. The topological polar surface area (TPSA) is 65.1 Å². The van der Waals surface area contributed by atoms with E-state index in [1.54, 1.807) is 13.0 Å². The van der Waals surface area contributed by atoms with Crippen LogP contribution in [-0.4, -0.2) is 15.8 Å². The summed E-state index contributed by atoms with van der Waals surface area (Å²) < 4.78 is 6.38. The van der Waals surface area contributed by atoms with Gasteiger partial charge in [0.05, 0.1) is 11.8 Å². The first-order valence-corrected chi connectivity index (χ1v) is 4.32. The van der Waals surface area contributed by atoms with E-state index in [0.717, 1.165) is 0 Å². The van der Waals surface area contributed by atoms with Crippen LogP contribution in [0.3, 0.4) is 0 Å². The fourth-order valence-electron chi connectivity index (χ4n) is 1.21. The standard InChI is InChI=1S/C10H8N2O3/c1-7-5-11-10(15-7)12-4-2-3-8(6-13)9(12)14/h2-6H,1H3. The summed E-state index contributed by atoms with van der Waals surface area (Å²) in [6, 6.07) is 3.20. The number of oxazole rings is 1. The van der Waals surface area contributed by atoms with E-state index in [1.165, 1.54) is 23.0 Å². The van der Waals surface area contributed by atoms with Gasteiger partial charge in [-0.15, -0.1) is 0 Å². The Balaban J connectivity index is 2.63. The van der Waals surface area contributed by atoms with Crippen LogP contribution in [0.5, 0.6) is 0 Å². The highest BCUT2D eigenvalue weighted by Crippen LogP contribution is 2.05. The monoisotopic (exact) mass is 204 g/mol. The first kappa shape index (κ1) is 9.39. The van der Waals surface area contributed by atoms with E-state index in [2.05, 4.69) is 4.98 Å². The zero-order chi connectivity index (χ0) is 10.8. The third-order valence-electron chi connectivity index (χ3n) is 1.92. The fraction of sp³-hybridized carbons (Fsp3) is 0.100. The molecular weight excluding hydrogens is 196 g/mol. The Morgan fingerprint density at radius 3 is 2.93 bits per heavy atom. The number of aryl methyl sites for hydroxylation is 1. The first-order chi connectivity index (χ1) is 7.22. The SMILES string of the molecule is Cc1cnc(-n2cccc(C=O)c2=O)o1. The van der Waals surface area contributed by atoms with Gasteiger partial charge < -0.3 is 4.42 Å². The van der Waals surface area contributed by atoms with Crippen LogP contribution in [-0.2, 0) is 0 Å². The van der Waals surface area contributed by atoms with Crippen molar-refractivity contribution in [2.75, 3.05) is 0 Å². The molecule has 0 unspecified atom stereocenters. The molecule has 0 aromatic carbocycles. The minimum absolute atomic E-state index is 0.0772. The Hall–Kier alpha value is -2.17. The summed E-state index contributed by atoms with van der Waals surface area (Å²) in [6.45, 7) is 1.73. The van der Waals surface area contributed by atoms with Crippen molar-refractivity contribution in [2.45, 2.75) is 6.92 Å². The predicted molar refractivity (Wildman–Crippen MR) is 52.2 cm³/mol. The summed E-state index contributed by atoms with van der Waals surface area (Å²) in [5.74, 6) is 0.605. The zero-order valence-corrected chi connectivity index (χ0v) is 8.01. The van der Waals surface area contributed by atoms with Crippen molar-refractivity contribution in [3.8, 4) is 6.01 Å². The quantitative estimate of drug-likeness (QED) is 0.683. The van der Waals surface area contributed by atoms with E-state index >= 15 is 0 Å². The lowest BCUT2D eigenvalue weighted by atomic mass is 10.3. The Morgan fingerprint density at radius 2 is 2.33 bits per heavy atom. The largest absolute Gasteiger partial charge is 0.428 e. The van der Waals surface area contributed by atoms with Crippen LogP contribution < -0.4 is 5.56 Å². The predicted octanol–water partition coefficient (Wildman–Crippen LogP) is 0.946. The van der Waals surface area contributed by atoms with Gasteiger partial charge in [0.1, 0.15) is 5.76 Å². The molecule has 0 saturated carbocycles. The maximum atomic E-state index is 11.6. The van der Waals surface area contributed by atoms with Crippen molar-refractivity contribution in [1.29, 1.82) is 0 Å². The number of hydrogen-bond donors (Lipinski definition) is 0. The van der Waals surface area contributed by atoms with E-state index in [9.17, 15) is 9.59 Å². The van der Waals surface area contributed by atoms with Crippen LogP contribution >= 0.6 is 0 Å². The molecular formula is C10H8N2O3. The van der Waals surface area contributed by atoms with Crippen LogP contribution in [0.15, 0.2) is 33.7 Å². The lowest BCUT2D eigenvalue weighted by Gasteiger charge is -1.99. The molecule has 0 spiro atoms. The van der Waals surface area contributed by atoms with E-state index in [-0.39, 0.29) is 11.6 Å². The summed E-state index contributed by atoms with van der Waals surface area (Å²) >= 11 is 0. The van der Waals surface area contributed by atoms with Crippen molar-refractivity contribution in [3.05, 3.63) is 46.2 Å². The highest BCUT2D eigenvalue weighted by Gasteiger charge is 2.07. The van der Waals surface area contributed by atoms with Crippen LogP contribution in [0.25, 0.3) is 6.01 Å². The number of pyridine rings is 1. The lowest BCUT2D eigenvalue weighted by molar-refractivity contribution is 0.112. The van der Waals surface area contributed by atoms with Gasteiger partial charge in [-0.25, -0.2) is 9.55 Å². The average molecular weight is 204 g/mol. The van der Waals surface area contributed by atoms with Gasteiger partial charge in [-0.05, 0) is 19.1 Å². The van der Waals surface area contributed by atoms with Crippen molar-refractivity contribution >= 4 is 6.29 Å². The highest BCUT2D eigenvalue weighted by atomic mass is 16.4. The second kappa shape index (κ2) is 3.53. The molecule has 0 aliphatic rings. The molecule has 0 saturated heterocycles. The Bertz CT molecular complexity index is 554. The molecule has 0 radical (unpaired) electrons. The molecule has 5 heteroatoms. The molecule has 0 fully saturated rings. The summed E-state index contributed by atoms with van der Waals surface area (Å²) in [4.78, 5) is 26.1. The molecule has 2 rings (SSSR count). The maximum Gasteiger partial charge on any atom is 0.308 e. The maximum absolute atomic E-state index is 11.6. The lowest BCUT2D eigenvalue weighted by Crippen LogP contribution is -2.21. The van der Waals surface area contributed by atoms with Gasteiger partial charge >= 0.3 is 6.01 Å². The number of aldehydes is 1. The summed E-state index contributed by atoms with van der Waals surface area (Å²) in [6.07, 6.45) is 3.52. The van der Waals surface area contributed by atoms with Gasteiger partial charge in [0, 0.05) is 6.20 Å². The number of hydrogen-bond acceptors (Lipinski definition) is 4. The van der Waals surface area contributed by atoms with Gasteiger partial charge in [-0.1, -0.05) is 0 Å². The Kier molecular flexibility index (Phi) is 2.21. The van der Waals surface area contributed by atoms with Gasteiger partial charge in [-0.3, -0.25) is 9.59 Å². The smallest absolute Gasteiger partial charge is 0.308 e. The van der Waals surface area contributed by atoms with E-state index in [0.29, 0.717) is 12.0 Å². The number of aromatic nitrogens is 2. The second-order valence-corrected chi connectivity index (χ2v) is 3.01. The van der Waals surface area contributed by atoms with Gasteiger partial charge in [-0.2, -0.15) is 0 Å². The van der Waals surface area contributed by atoms with Crippen LogP contribution in [0.4, 0.5) is 0 Å². The summed E-state index contributed by atoms with van der Waals surface area (Å²) in [5.41, 5.74) is -0.359. The minimum Gasteiger partial charge on any atom is -0.428 e. The van der Waals surface area contributed by atoms with Crippen molar-refractivity contribution in [2.24, 2.45) is 0 Å². The first-order valence-electron chi connectivity index (χ1n) is 4.32. The third-order valence-corrected chi connectivity index (χ3v) is 1.92. The molecule has 0 amide bonds. The number of carbonyl (C=O) groups excluding carboxylic acids is 1. The molecule has 2 aromatic heterocycles. The molecule has 0 aliphatic carbocycles. The zero-order valence-electron chi connectivity index (χ0n) is 8.01. The van der Waals surface area contributed by atoms with E-state index in [4.69, 9.17) is 4.42 Å². The molecule has 76 valence electrons. The molecule has 5 nitrogen and oxygen atoms in total. The summed E-state index contributed by atoms with van der Waals surface area (Å²) in [5, 5.41) is 0. The molecule has 2 aromatic rings. The molecule has 0 atom stereocenters. The second-order valence-electron chi connectivity index (χ2n) is 3.01. The van der Waals surface area contributed by atoms with E-state index < -0.39 is 5.56 Å². The highest BCUT2D eigenvalue weighted by molar-refractivity contribution is 5.73. The van der Waals surface area contributed by atoms with Crippen molar-refractivity contribution in [3.63, 3.8) is 0 Å². The Labute approximate surface area is 85.0 Å². The van der Waals surface area contributed by atoms with Crippen LogP contribution in [0, 0.1) is 6.92 Å². The third kappa shape index (κ3) is 1.59. The molecule has 0 bridgehead atoms. The molecule has 2 heterocycles. The minimum atomic E-state index is -0.436. The fourth-order valence-corrected chi connectivity index (χ4v) is 1.21. The normalized spacial score (nSPS) is 10.2. The van der Waals surface area contributed by atoms with Crippen molar-refractivity contribution in [1.82, 2.24) is 9.55 Å². The molecule has 0 N–H and O–H groups in total.